The fourth-order valence-electron chi connectivity index (χ4n) is 2.34. The van der Waals surface area contributed by atoms with E-state index in [4.69, 9.17) is 4.74 Å². The maximum Gasteiger partial charge on any atom is 0.274 e. The van der Waals surface area contributed by atoms with Crippen molar-refractivity contribution in [2.24, 2.45) is 0 Å². The van der Waals surface area contributed by atoms with Crippen LogP contribution in [0.5, 0.6) is 0 Å². The summed E-state index contributed by atoms with van der Waals surface area (Å²) in [7, 11) is 1.63. The number of nitrogens with zero attached hydrogens (tertiary/aromatic N) is 1. The molecule has 2 saturated heterocycles. The van der Waals surface area contributed by atoms with Crippen LogP contribution in [0.2, 0.25) is 0 Å². The Hall–Kier alpha value is -0.260. The number of unbranched alkanes of at least 4 members (excludes halogenated alkanes) is 2. The lowest BCUT2D eigenvalue weighted by atomic mass is 10.0. The van der Waals surface area contributed by atoms with Crippen LogP contribution >= 0.6 is 11.8 Å². The molecule has 5 heteroatoms. The lowest BCUT2D eigenvalue weighted by Gasteiger charge is -2.51. The molecule has 0 spiro atoms. The van der Waals surface area contributed by atoms with Crippen molar-refractivity contribution in [2.75, 3.05) is 26.0 Å². The number of thioether (sulfide) groups is 1. The number of methoxy groups -OCH3 is 1. The third kappa shape index (κ3) is 1.75. The number of fused-ring (bicyclic) bond motifs is 1. The quantitative estimate of drug-likeness (QED) is 0.430. The van der Waals surface area contributed by atoms with Crippen LogP contribution in [0.3, 0.4) is 0 Å². The fraction of sp³-hybridized carbons (Fsp3) is 0.909. The number of hydrogen-bond donors (Lipinski definition) is 1. The molecule has 2 aliphatic heterocycles. The monoisotopic (exact) mass is 244 g/mol. The average molecular weight is 244 g/mol. The summed E-state index contributed by atoms with van der Waals surface area (Å²) in [6.07, 6.45) is 3.49. The first-order valence-corrected chi connectivity index (χ1v) is 7.04. The fourth-order valence-corrected chi connectivity index (χ4v) is 3.76. The summed E-state index contributed by atoms with van der Waals surface area (Å²) >= 11 is 1.81. The highest BCUT2D eigenvalue weighted by atomic mass is 32.2. The second-order valence-electron chi connectivity index (χ2n) is 4.30. The molecule has 2 fully saturated rings. The molecule has 0 saturated carbocycles. The van der Waals surface area contributed by atoms with Gasteiger partial charge in [0.05, 0.1) is 0 Å². The normalized spacial score (nSPS) is 32.8. The molecule has 0 aromatic carbocycles. The van der Waals surface area contributed by atoms with Crippen molar-refractivity contribution < 1.29 is 9.53 Å². The minimum atomic E-state index is -0.727. The van der Waals surface area contributed by atoms with Crippen molar-refractivity contribution in [3.63, 3.8) is 0 Å². The molecule has 0 unspecified atom stereocenters. The van der Waals surface area contributed by atoms with Crippen LogP contribution in [0.1, 0.15) is 26.2 Å². The van der Waals surface area contributed by atoms with E-state index in [2.05, 4.69) is 12.2 Å². The van der Waals surface area contributed by atoms with Crippen molar-refractivity contribution in [1.29, 1.82) is 0 Å². The Kier molecular flexibility index (Phi) is 3.77. The summed E-state index contributed by atoms with van der Waals surface area (Å²) in [6, 6.07) is 0. The smallest absolute Gasteiger partial charge is 0.274 e. The molecule has 2 heterocycles. The number of hydrogen-bond acceptors (Lipinski definition) is 4. The number of carbonyl (C=O) groups excluding carboxylic acids is 1. The lowest BCUT2D eigenvalue weighted by Crippen LogP contribution is -2.77. The van der Waals surface area contributed by atoms with Crippen LogP contribution in [0.15, 0.2) is 0 Å². The summed E-state index contributed by atoms with van der Waals surface area (Å²) in [4.78, 5) is 13.9. The van der Waals surface area contributed by atoms with Gasteiger partial charge in [-0.05, 0) is 13.0 Å². The average Bonchev–Trinajstić information content (AvgIpc) is 2.75. The maximum absolute atomic E-state index is 12.0. The van der Waals surface area contributed by atoms with Crippen LogP contribution in [-0.2, 0) is 9.53 Å². The Morgan fingerprint density at radius 2 is 2.44 bits per heavy atom. The first-order chi connectivity index (χ1) is 7.76. The summed E-state index contributed by atoms with van der Waals surface area (Å²) in [5, 5.41) is 3.49. The van der Waals surface area contributed by atoms with Gasteiger partial charge in [-0.2, -0.15) is 0 Å². The molecule has 0 aliphatic carbocycles. The Balaban J connectivity index is 1.90. The van der Waals surface area contributed by atoms with Gasteiger partial charge in [-0.1, -0.05) is 19.8 Å². The van der Waals surface area contributed by atoms with Crippen LogP contribution in [0.25, 0.3) is 0 Å². The van der Waals surface area contributed by atoms with Crippen LogP contribution < -0.4 is 5.32 Å². The number of nitrogens with one attached hydrogen (secondary N) is 1. The predicted molar refractivity (Wildman–Crippen MR) is 65.2 cm³/mol. The Labute approximate surface area is 101 Å². The number of ether oxygens (including phenoxy) is 1. The summed E-state index contributed by atoms with van der Waals surface area (Å²) in [5.41, 5.74) is -0.727. The van der Waals surface area contributed by atoms with Gasteiger partial charge in [0.1, 0.15) is 5.37 Å². The van der Waals surface area contributed by atoms with Gasteiger partial charge in [0.2, 0.25) is 5.72 Å². The van der Waals surface area contributed by atoms with Crippen molar-refractivity contribution in [2.45, 2.75) is 37.3 Å². The first kappa shape index (κ1) is 12.2. The molecule has 0 radical (unpaired) electrons. The van der Waals surface area contributed by atoms with E-state index < -0.39 is 5.72 Å². The zero-order chi connectivity index (χ0) is 11.6. The van der Waals surface area contributed by atoms with Crippen LogP contribution in [-0.4, -0.2) is 47.9 Å². The summed E-state index contributed by atoms with van der Waals surface area (Å²) < 4.78 is 5.46. The highest BCUT2D eigenvalue weighted by molar-refractivity contribution is 8.00. The number of amides is 1. The van der Waals surface area contributed by atoms with Crippen molar-refractivity contribution in [3.05, 3.63) is 0 Å². The van der Waals surface area contributed by atoms with Gasteiger partial charge in [0.15, 0.2) is 0 Å². The van der Waals surface area contributed by atoms with E-state index in [1.807, 2.05) is 16.7 Å². The number of β-lactam (4-membered cyclic amide) rings is 1. The Bertz CT molecular complexity index is 275. The molecule has 0 bridgehead atoms. The van der Waals surface area contributed by atoms with Gasteiger partial charge in [-0.25, -0.2) is 0 Å². The second kappa shape index (κ2) is 4.94. The molecule has 16 heavy (non-hydrogen) atoms. The molecule has 92 valence electrons. The highest BCUT2D eigenvalue weighted by Gasteiger charge is 2.63. The van der Waals surface area contributed by atoms with E-state index in [-0.39, 0.29) is 11.3 Å². The van der Waals surface area contributed by atoms with Crippen LogP contribution in [0, 0.1) is 0 Å². The molecular weight excluding hydrogens is 224 g/mol. The van der Waals surface area contributed by atoms with Gasteiger partial charge in [0, 0.05) is 19.4 Å². The molecule has 2 atom stereocenters. The molecule has 1 amide bonds. The molecule has 2 rings (SSSR count). The molecule has 0 aromatic rings. The van der Waals surface area contributed by atoms with Gasteiger partial charge in [0.25, 0.3) is 5.91 Å². The van der Waals surface area contributed by atoms with Crippen molar-refractivity contribution >= 4 is 17.7 Å². The molecule has 1 N–H and O–H groups in total. The number of carbonyl (C=O) groups is 1. The Morgan fingerprint density at radius 3 is 3.12 bits per heavy atom. The zero-order valence-corrected chi connectivity index (χ0v) is 10.8. The molecular formula is C11H20N2O2S. The largest absolute Gasteiger partial charge is 0.353 e. The highest BCUT2D eigenvalue weighted by Crippen LogP contribution is 2.43. The zero-order valence-electron chi connectivity index (χ0n) is 9.99. The van der Waals surface area contributed by atoms with Crippen LogP contribution in [0.4, 0.5) is 0 Å². The van der Waals surface area contributed by atoms with E-state index in [9.17, 15) is 4.79 Å². The standard InChI is InChI=1S/C11H20N2O2S/c1-3-4-5-6-12-11(15-2)9(14)13-7-8-16-10(11)13/h10,12H,3-8H2,1-2H3/t10-,11+/m1/s1. The van der Waals surface area contributed by atoms with Crippen molar-refractivity contribution in [1.82, 2.24) is 10.2 Å². The first-order valence-electron chi connectivity index (χ1n) is 5.99. The van der Waals surface area contributed by atoms with Gasteiger partial charge in [-0.15, -0.1) is 11.8 Å². The second-order valence-corrected chi connectivity index (χ2v) is 5.48. The van der Waals surface area contributed by atoms with Crippen molar-refractivity contribution in [3.8, 4) is 0 Å². The lowest BCUT2D eigenvalue weighted by molar-refractivity contribution is -0.191. The third-order valence-corrected chi connectivity index (χ3v) is 4.63. The van der Waals surface area contributed by atoms with E-state index in [0.29, 0.717) is 0 Å². The van der Waals surface area contributed by atoms with Gasteiger partial charge < -0.3 is 9.64 Å². The SMILES string of the molecule is CCCCCN[C@]1(OC)C(=O)N2CCS[C@@H]21. The van der Waals surface area contributed by atoms with E-state index in [1.54, 1.807) is 7.11 Å². The molecule has 0 aromatic heterocycles. The summed E-state index contributed by atoms with van der Waals surface area (Å²) in [5.74, 6) is 1.14. The Morgan fingerprint density at radius 1 is 1.62 bits per heavy atom. The molecule has 4 nitrogen and oxygen atoms in total. The molecule has 2 aliphatic rings. The van der Waals surface area contributed by atoms with E-state index in [1.165, 1.54) is 12.8 Å². The van der Waals surface area contributed by atoms with E-state index in [0.717, 1.165) is 25.3 Å². The van der Waals surface area contributed by atoms with E-state index >= 15 is 0 Å². The summed E-state index contributed by atoms with van der Waals surface area (Å²) in [6.45, 7) is 3.91. The van der Waals surface area contributed by atoms with Gasteiger partial charge in [-0.3, -0.25) is 10.1 Å². The third-order valence-electron chi connectivity index (χ3n) is 3.31. The topological polar surface area (TPSA) is 41.6 Å². The number of rotatable bonds is 6. The predicted octanol–water partition coefficient (Wildman–Crippen LogP) is 1.02. The maximum atomic E-state index is 12.0. The minimum Gasteiger partial charge on any atom is -0.353 e. The minimum absolute atomic E-state index is 0.112. The van der Waals surface area contributed by atoms with Gasteiger partial charge >= 0.3 is 0 Å².